The van der Waals surface area contributed by atoms with Gasteiger partial charge in [-0.1, -0.05) is 41.9 Å². The molecule has 0 saturated heterocycles. The fourth-order valence-corrected chi connectivity index (χ4v) is 3.86. The second kappa shape index (κ2) is 13.3. The average molecular weight is 526 g/mol. The number of nitrogen functional groups attached to an aromatic ring is 2. The topological polar surface area (TPSA) is 207 Å². The van der Waals surface area contributed by atoms with Gasteiger partial charge in [-0.2, -0.15) is 0 Å². The number of nitrogens with two attached hydrogens (primary N) is 5. The van der Waals surface area contributed by atoms with E-state index in [9.17, 15) is 4.79 Å². The Kier molecular flexibility index (Phi) is 9.84. The van der Waals surface area contributed by atoms with E-state index in [1.165, 1.54) is 5.56 Å². The summed E-state index contributed by atoms with van der Waals surface area (Å²) < 4.78 is 5.97. The number of aryl methyl sites for hydroxylation is 1. The molecule has 0 amide bonds. The Bertz CT molecular complexity index is 1310. The molecular weight excluding hydrogens is 494 g/mol. The first-order chi connectivity index (χ1) is 17.8. The number of aliphatic imine (C=N–C) groups is 2. The van der Waals surface area contributed by atoms with Crippen molar-refractivity contribution in [2.75, 3.05) is 31.2 Å². The van der Waals surface area contributed by atoms with Crippen LogP contribution in [0.15, 0.2) is 46.4 Å². The maximum Gasteiger partial charge on any atom is 0.192 e. The van der Waals surface area contributed by atoms with E-state index in [2.05, 4.69) is 38.2 Å². The summed E-state index contributed by atoms with van der Waals surface area (Å²) in [6.45, 7) is 1.54. The van der Waals surface area contributed by atoms with Crippen LogP contribution < -0.4 is 33.4 Å². The molecule has 0 atom stereocenters. The second-order valence-electron chi connectivity index (χ2n) is 8.34. The fourth-order valence-electron chi connectivity index (χ4n) is 3.73. The number of guanidine groups is 1. The molecule has 3 rings (SSSR count). The molecule has 0 unspecified atom stereocenters. The molecule has 0 saturated carbocycles. The number of unbranched alkanes of at least 4 members (excludes halogenated alkanes) is 1. The zero-order valence-electron chi connectivity index (χ0n) is 20.5. The zero-order valence-corrected chi connectivity index (χ0v) is 21.2. The van der Waals surface area contributed by atoms with E-state index in [-0.39, 0.29) is 40.7 Å². The van der Waals surface area contributed by atoms with Gasteiger partial charge in [-0.25, -0.2) is 9.97 Å². The predicted octanol–water partition coefficient (Wildman–Crippen LogP) is 2.44. The van der Waals surface area contributed by atoms with Crippen molar-refractivity contribution in [3.8, 4) is 5.75 Å². The number of amidine groups is 1. The average Bonchev–Trinajstić information content (AvgIpc) is 2.86. The predicted molar refractivity (Wildman–Crippen MR) is 149 cm³/mol. The van der Waals surface area contributed by atoms with Gasteiger partial charge < -0.3 is 33.4 Å². The van der Waals surface area contributed by atoms with Crippen molar-refractivity contribution in [1.82, 2.24) is 9.97 Å². The van der Waals surface area contributed by atoms with Crippen molar-refractivity contribution in [2.45, 2.75) is 32.1 Å². The number of benzene rings is 2. The number of anilines is 2. The van der Waals surface area contributed by atoms with Crippen LogP contribution in [0.5, 0.6) is 5.75 Å². The number of carbonyl (C=O) groups is 1. The summed E-state index contributed by atoms with van der Waals surface area (Å²) in [6, 6.07) is 12.2. The number of carbonyl (C=O) groups excluding carboxylic acids is 1. The third-order valence-electron chi connectivity index (χ3n) is 5.51. The Labute approximate surface area is 220 Å². The Hall–Kier alpha value is -4.12. The van der Waals surface area contributed by atoms with Crippen molar-refractivity contribution >= 4 is 51.6 Å². The molecule has 0 aliphatic carbocycles. The first-order valence-electron chi connectivity index (χ1n) is 11.9. The quantitative estimate of drug-likeness (QED) is 0.0958. The van der Waals surface area contributed by atoms with Crippen molar-refractivity contribution < 1.29 is 9.53 Å². The van der Waals surface area contributed by atoms with Crippen LogP contribution in [-0.2, 0) is 6.42 Å². The van der Waals surface area contributed by atoms with Gasteiger partial charge in [0.05, 0.1) is 13.0 Å². The smallest absolute Gasteiger partial charge is 0.192 e. The van der Waals surface area contributed by atoms with Crippen LogP contribution in [0, 0.1) is 0 Å². The Morgan fingerprint density at radius 2 is 1.62 bits per heavy atom. The molecule has 12 heteroatoms. The first kappa shape index (κ1) is 27.5. The molecule has 2 aromatic carbocycles. The highest BCUT2D eigenvalue weighted by molar-refractivity contribution is 6.31. The van der Waals surface area contributed by atoms with Crippen LogP contribution in [0.3, 0.4) is 0 Å². The van der Waals surface area contributed by atoms with E-state index in [1.54, 1.807) is 0 Å². The van der Waals surface area contributed by atoms with Crippen LogP contribution in [0.25, 0.3) is 10.8 Å². The Morgan fingerprint density at radius 3 is 2.38 bits per heavy atom. The zero-order chi connectivity index (χ0) is 26.8. The molecule has 0 aliphatic heterocycles. The van der Waals surface area contributed by atoms with E-state index in [0.717, 1.165) is 42.2 Å². The van der Waals surface area contributed by atoms with Crippen LogP contribution >= 0.6 is 11.6 Å². The largest absolute Gasteiger partial charge is 0.493 e. The SMILES string of the molecule is NC(N)=NCCCOc1ccc(CCCCN=C(N)CC(=O)c2nc(Cl)c(N)nc2N)c2ccccc12. The lowest BCUT2D eigenvalue weighted by Gasteiger charge is -2.12. The first-order valence-corrected chi connectivity index (χ1v) is 12.2. The molecule has 10 N–H and O–H groups in total. The highest BCUT2D eigenvalue weighted by Crippen LogP contribution is 2.29. The highest BCUT2D eigenvalue weighted by atomic mass is 35.5. The van der Waals surface area contributed by atoms with E-state index < -0.39 is 5.78 Å². The van der Waals surface area contributed by atoms with Crippen LogP contribution in [-0.4, -0.2) is 47.2 Å². The molecule has 0 fully saturated rings. The number of ether oxygens (including phenoxy) is 1. The van der Waals surface area contributed by atoms with Crippen LogP contribution in [0.4, 0.5) is 11.6 Å². The number of hydrogen-bond acceptors (Lipinski definition) is 8. The normalized spacial score (nSPS) is 11.4. The summed E-state index contributed by atoms with van der Waals surface area (Å²) in [4.78, 5) is 28.4. The molecule has 37 heavy (non-hydrogen) atoms. The van der Waals surface area contributed by atoms with E-state index in [1.807, 2.05) is 18.2 Å². The lowest BCUT2D eigenvalue weighted by Crippen LogP contribution is -2.23. The van der Waals surface area contributed by atoms with Gasteiger partial charge in [-0.3, -0.25) is 14.8 Å². The van der Waals surface area contributed by atoms with Gasteiger partial charge >= 0.3 is 0 Å². The van der Waals surface area contributed by atoms with Crippen molar-refractivity contribution in [3.05, 3.63) is 52.8 Å². The fraction of sp³-hybridized carbons (Fsp3) is 0.320. The minimum Gasteiger partial charge on any atom is -0.493 e. The maximum atomic E-state index is 12.4. The molecule has 1 heterocycles. The molecule has 0 radical (unpaired) electrons. The third kappa shape index (κ3) is 7.94. The molecule has 196 valence electrons. The van der Waals surface area contributed by atoms with E-state index in [0.29, 0.717) is 19.7 Å². The monoisotopic (exact) mass is 525 g/mol. The van der Waals surface area contributed by atoms with Gasteiger partial charge in [-0.05, 0) is 36.3 Å². The number of hydrogen-bond donors (Lipinski definition) is 5. The number of fused-ring (bicyclic) bond motifs is 1. The number of Topliss-reactive ketones (excluding diaryl/α,β-unsaturated/α-hetero) is 1. The molecule has 3 aromatic rings. The van der Waals surface area contributed by atoms with Crippen molar-refractivity contribution in [3.63, 3.8) is 0 Å². The van der Waals surface area contributed by atoms with E-state index in [4.69, 9.17) is 45.0 Å². The lowest BCUT2D eigenvalue weighted by atomic mass is 9.99. The number of rotatable bonds is 13. The molecule has 0 bridgehead atoms. The summed E-state index contributed by atoms with van der Waals surface area (Å²) in [6.07, 6.45) is 3.17. The summed E-state index contributed by atoms with van der Waals surface area (Å²) >= 11 is 5.84. The molecular formula is C25H32ClN9O2. The minimum absolute atomic E-state index is 0.0354. The van der Waals surface area contributed by atoms with Gasteiger partial charge in [-0.15, -0.1) is 0 Å². The molecule has 11 nitrogen and oxygen atoms in total. The minimum atomic E-state index is -0.418. The second-order valence-corrected chi connectivity index (χ2v) is 8.70. The Balaban J connectivity index is 1.51. The van der Waals surface area contributed by atoms with Gasteiger partial charge in [0.1, 0.15) is 11.6 Å². The van der Waals surface area contributed by atoms with Crippen molar-refractivity contribution in [1.29, 1.82) is 0 Å². The number of ketones is 1. The Morgan fingerprint density at radius 1 is 0.892 bits per heavy atom. The standard InChI is InChI=1S/C25H32ClN9O2/c26-22-24(29)35-23(28)21(34-22)18(36)14-20(27)32-11-4-3-6-15-9-10-19(17-8-2-1-7-16(15)17)37-13-5-12-33-25(30)31/h1-2,7-10H,3-6,11-14H2,(H2,27,32)(H4,28,29,35)(H4,30,31,33). The summed E-state index contributed by atoms with van der Waals surface area (Å²) in [5, 5.41) is 2.13. The van der Waals surface area contributed by atoms with Crippen molar-refractivity contribution in [2.24, 2.45) is 27.2 Å². The van der Waals surface area contributed by atoms with Gasteiger partial charge in [0, 0.05) is 24.9 Å². The van der Waals surface area contributed by atoms with Gasteiger partial charge in [0.25, 0.3) is 0 Å². The van der Waals surface area contributed by atoms with Gasteiger partial charge in [0.2, 0.25) is 0 Å². The number of halogens is 1. The third-order valence-corrected chi connectivity index (χ3v) is 5.79. The summed E-state index contributed by atoms with van der Waals surface area (Å²) in [5.74, 6) is 0.573. The maximum absolute atomic E-state index is 12.4. The van der Waals surface area contributed by atoms with Crippen LogP contribution in [0.2, 0.25) is 5.15 Å². The highest BCUT2D eigenvalue weighted by Gasteiger charge is 2.17. The number of aromatic nitrogens is 2. The van der Waals surface area contributed by atoms with E-state index >= 15 is 0 Å². The molecule has 1 aromatic heterocycles. The molecule has 0 aliphatic rings. The molecule has 0 spiro atoms. The summed E-state index contributed by atoms with van der Waals surface area (Å²) in [5.41, 5.74) is 29.1. The van der Waals surface area contributed by atoms with Gasteiger partial charge in [0.15, 0.2) is 34.2 Å². The number of nitrogens with zero attached hydrogens (tertiary/aromatic N) is 4. The van der Waals surface area contributed by atoms with Crippen LogP contribution in [0.1, 0.15) is 41.7 Å². The lowest BCUT2D eigenvalue weighted by molar-refractivity contribution is 0.0996. The summed E-state index contributed by atoms with van der Waals surface area (Å²) in [7, 11) is 0.